The van der Waals surface area contributed by atoms with Crippen molar-refractivity contribution in [1.82, 2.24) is 5.32 Å². The number of nitrogens with one attached hydrogen (secondary N) is 1. The highest BCUT2D eigenvalue weighted by Crippen LogP contribution is 2.20. The summed E-state index contributed by atoms with van der Waals surface area (Å²) in [4.78, 5) is 2.34. The fraction of sp³-hybridized carbons (Fsp3) is 0.467. The van der Waals surface area contributed by atoms with Crippen molar-refractivity contribution < 1.29 is 5.11 Å². The van der Waals surface area contributed by atoms with Gasteiger partial charge in [-0.05, 0) is 37.6 Å². The van der Waals surface area contributed by atoms with Gasteiger partial charge in [0.1, 0.15) is 0 Å². The predicted octanol–water partition coefficient (Wildman–Crippen LogP) is 1.88. The minimum absolute atomic E-state index is 0.106. The molecular weight excluding hydrogens is 224 g/mol. The van der Waals surface area contributed by atoms with Crippen LogP contribution in [0, 0.1) is 0 Å². The Kier molecular flexibility index (Phi) is 4.79. The molecular formula is C15H22N2O. The van der Waals surface area contributed by atoms with E-state index in [1.807, 2.05) is 7.05 Å². The summed E-state index contributed by atoms with van der Waals surface area (Å²) in [5.41, 5.74) is 2.48. The number of hydrogen-bond donors (Lipinski definition) is 2. The monoisotopic (exact) mass is 246 g/mol. The van der Waals surface area contributed by atoms with Crippen LogP contribution in [0.4, 0.5) is 5.69 Å². The van der Waals surface area contributed by atoms with Crippen LogP contribution < -0.4 is 10.2 Å². The Hall–Kier alpha value is -1.32. The molecule has 18 heavy (non-hydrogen) atoms. The molecule has 1 heterocycles. The molecule has 1 aliphatic heterocycles. The van der Waals surface area contributed by atoms with Crippen molar-refractivity contribution in [2.24, 2.45) is 0 Å². The molecule has 0 bridgehead atoms. The van der Waals surface area contributed by atoms with Crippen LogP contribution in [0.15, 0.2) is 30.3 Å². The first kappa shape index (κ1) is 13.1. The average Bonchev–Trinajstić information content (AvgIpc) is 2.41. The molecule has 1 aliphatic rings. The Labute approximate surface area is 109 Å². The summed E-state index contributed by atoms with van der Waals surface area (Å²) in [6, 6.07) is 8.62. The zero-order valence-corrected chi connectivity index (χ0v) is 11.0. The quantitative estimate of drug-likeness (QED) is 0.851. The van der Waals surface area contributed by atoms with Gasteiger partial charge in [0.15, 0.2) is 0 Å². The number of nitrogens with zero attached hydrogens (tertiary/aromatic N) is 1. The number of rotatable bonds is 4. The standard InChI is InChI=1S/C15H22N2O/c1-16-10-2-3-13-4-6-14(7-5-13)17-11-8-15(18)9-12-17/h2-7,15-16,18H,8-12H2,1H3. The summed E-state index contributed by atoms with van der Waals surface area (Å²) in [6.07, 6.45) is 5.89. The van der Waals surface area contributed by atoms with Crippen molar-refractivity contribution in [1.29, 1.82) is 0 Å². The maximum Gasteiger partial charge on any atom is 0.0574 e. The summed E-state index contributed by atoms with van der Waals surface area (Å²) >= 11 is 0. The van der Waals surface area contributed by atoms with E-state index < -0.39 is 0 Å². The van der Waals surface area contributed by atoms with Gasteiger partial charge in [-0.15, -0.1) is 0 Å². The second-order valence-electron chi connectivity index (χ2n) is 4.77. The fourth-order valence-corrected chi connectivity index (χ4v) is 2.23. The summed E-state index contributed by atoms with van der Waals surface area (Å²) < 4.78 is 0. The first-order valence-corrected chi connectivity index (χ1v) is 6.64. The van der Waals surface area contributed by atoms with Gasteiger partial charge >= 0.3 is 0 Å². The fourth-order valence-electron chi connectivity index (χ4n) is 2.23. The maximum absolute atomic E-state index is 9.50. The molecule has 3 nitrogen and oxygen atoms in total. The highest BCUT2D eigenvalue weighted by atomic mass is 16.3. The Morgan fingerprint density at radius 2 is 1.94 bits per heavy atom. The van der Waals surface area contributed by atoms with E-state index in [0.29, 0.717) is 0 Å². The van der Waals surface area contributed by atoms with E-state index in [2.05, 4.69) is 46.6 Å². The van der Waals surface area contributed by atoms with Gasteiger partial charge in [0.05, 0.1) is 6.10 Å². The molecule has 2 rings (SSSR count). The van der Waals surface area contributed by atoms with Crippen LogP contribution in [0.5, 0.6) is 0 Å². The predicted molar refractivity (Wildman–Crippen MR) is 76.9 cm³/mol. The lowest BCUT2D eigenvalue weighted by molar-refractivity contribution is 0.145. The first-order chi connectivity index (χ1) is 8.79. The lowest BCUT2D eigenvalue weighted by Crippen LogP contribution is -2.35. The molecule has 0 aromatic heterocycles. The van der Waals surface area contributed by atoms with Gasteiger partial charge in [0.2, 0.25) is 0 Å². The Bertz CT molecular complexity index is 378. The van der Waals surface area contributed by atoms with Crippen molar-refractivity contribution in [2.45, 2.75) is 18.9 Å². The van der Waals surface area contributed by atoms with Crippen molar-refractivity contribution >= 4 is 11.8 Å². The second-order valence-corrected chi connectivity index (χ2v) is 4.77. The van der Waals surface area contributed by atoms with Crippen LogP contribution in [-0.4, -0.2) is 37.9 Å². The SMILES string of the molecule is CNCC=Cc1ccc(N2CCC(O)CC2)cc1. The van der Waals surface area contributed by atoms with Crippen LogP contribution in [-0.2, 0) is 0 Å². The van der Waals surface area contributed by atoms with Crippen LogP contribution in [0.3, 0.4) is 0 Å². The molecule has 0 spiro atoms. The Morgan fingerprint density at radius 3 is 2.56 bits per heavy atom. The van der Waals surface area contributed by atoms with Crippen LogP contribution >= 0.6 is 0 Å². The first-order valence-electron chi connectivity index (χ1n) is 6.64. The number of aliphatic hydroxyl groups is 1. The summed E-state index contributed by atoms with van der Waals surface area (Å²) in [5.74, 6) is 0. The topological polar surface area (TPSA) is 35.5 Å². The zero-order valence-electron chi connectivity index (χ0n) is 11.0. The molecule has 0 unspecified atom stereocenters. The van der Waals surface area contributed by atoms with Crippen molar-refractivity contribution in [3.8, 4) is 0 Å². The van der Waals surface area contributed by atoms with E-state index in [4.69, 9.17) is 0 Å². The molecule has 0 saturated carbocycles. The third-order valence-corrected chi connectivity index (χ3v) is 3.35. The van der Waals surface area contributed by atoms with Crippen molar-refractivity contribution in [3.05, 3.63) is 35.9 Å². The molecule has 1 aromatic carbocycles. The lowest BCUT2D eigenvalue weighted by atomic mass is 10.1. The third kappa shape index (κ3) is 3.59. The normalized spacial score (nSPS) is 17.6. The molecule has 0 amide bonds. The molecule has 1 aromatic rings. The molecule has 1 saturated heterocycles. The molecule has 1 fully saturated rings. The van der Waals surface area contributed by atoms with E-state index in [1.165, 1.54) is 11.3 Å². The molecule has 98 valence electrons. The minimum atomic E-state index is -0.106. The summed E-state index contributed by atoms with van der Waals surface area (Å²) in [5, 5.41) is 12.6. The van der Waals surface area contributed by atoms with E-state index in [1.54, 1.807) is 0 Å². The van der Waals surface area contributed by atoms with Gasteiger partial charge in [-0.1, -0.05) is 24.3 Å². The van der Waals surface area contributed by atoms with Crippen LogP contribution in [0.25, 0.3) is 6.08 Å². The second kappa shape index (κ2) is 6.57. The van der Waals surface area contributed by atoms with Gasteiger partial charge < -0.3 is 15.3 Å². The highest BCUT2D eigenvalue weighted by molar-refractivity contribution is 5.56. The summed E-state index contributed by atoms with van der Waals surface area (Å²) in [6.45, 7) is 2.80. The zero-order chi connectivity index (χ0) is 12.8. The lowest BCUT2D eigenvalue weighted by Gasteiger charge is -2.31. The molecule has 0 radical (unpaired) electrons. The Balaban J connectivity index is 1.95. The highest BCUT2D eigenvalue weighted by Gasteiger charge is 2.16. The number of hydrogen-bond acceptors (Lipinski definition) is 3. The number of aliphatic hydroxyl groups excluding tert-OH is 1. The number of piperidine rings is 1. The van der Waals surface area contributed by atoms with E-state index in [9.17, 15) is 5.11 Å². The minimum Gasteiger partial charge on any atom is -0.393 e. The number of benzene rings is 1. The Morgan fingerprint density at radius 1 is 1.28 bits per heavy atom. The van der Waals surface area contributed by atoms with Gasteiger partial charge in [-0.3, -0.25) is 0 Å². The summed E-state index contributed by atoms with van der Waals surface area (Å²) in [7, 11) is 1.94. The van der Waals surface area contributed by atoms with Gasteiger partial charge in [0.25, 0.3) is 0 Å². The van der Waals surface area contributed by atoms with E-state index >= 15 is 0 Å². The van der Waals surface area contributed by atoms with Gasteiger partial charge in [0, 0.05) is 25.3 Å². The van der Waals surface area contributed by atoms with Crippen LogP contribution in [0.2, 0.25) is 0 Å². The number of likely N-dealkylation sites (N-methyl/N-ethyl adjacent to an activating group) is 1. The largest absolute Gasteiger partial charge is 0.393 e. The maximum atomic E-state index is 9.50. The third-order valence-electron chi connectivity index (χ3n) is 3.35. The van der Waals surface area contributed by atoms with Crippen molar-refractivity contribution in [3.63, 3.8) is 0 Å². The van der Waals surface area contributed by atoms with Crippen LogP contribution in [0.1, 0.15) is 18.4 Å². The molecule has 2 N–H and O–H groups in total. The van der Waals surface area contributed by atoms with E-state index in [0.717, 1.165) is 32.5 Å². The van der Waals surface area contributed by atoms with E-state index in [-0.39, 0.29) is 6.10 Å². The molecule has 0 atom stereocenters. The smallest absolute Gasteiger partial charge is 0.0574 e. The van der Waals surface area contributed by atoms with Gasteiger partial charge in [-0.2, -0.15) is 0 Å². The molecule has 3 heteroatoms. The molecule has 0 aliphatic carbocycles. The van der Waals surface area contributed by atoms with Gasteiger partial charge in [-0.25, -0.2) is 0 Å². The van der Waals surface area contributed by atoms with Crippen molar-refractivity contribution in [2.75, 3.05) is 31.6 Å². The number of anilines is 1. The average molecular weight is 246 g/mol.